The van der Waals surface area contributed by atoms with Crippen LogP contribution in [0, 0.1) is 6.92 Å². The van der Waals surface area contributed by atoms with Gasteiger partial charge in [-0.15, -0.1) is 0 Å². The molecule has 1 aromatic heterocycles. The summed E-state index contributed by atoms with van der Waals surface area (Å²) in [5.41, 5.74) is 5.12. The van der Waals surface area contributed by atoms with Crippen LogP contribution in [0.2, 0.25) is 5.02 Å². The molecule has 0 aliphatic rings. The third-order valence-electron chi connectivity index (χ3n) is 4.98. The summed E-state index contributed by atoms with van der Waals surface area (Å²) >= 11 is 10.3. The molecule has 0 aliphatic heterocycles. The van der Waals surface area contributed by atoms with Crippen LogP contribution in [0.3, 0.4) is 0 Å². The highest BCUT2D eigenvalue weighted by Crippen LogP contribution is 2.37. The van der Waals surface area contributed by atoms with E-state index in [1.807, 2.05) is 24.3 Å². The number of benzene rings is 4. The van der Waals surface area contributed by atoms with Gasteiger partial charge >= 0.3 is 0 Å². The average molecular weight is 448 g/mol. The van der Waals surface area contributed by atoms with Gasteiger partial charge in [0.25, 0.3) is 0 Å². The predicted molar refractivity (Wildman–Crippen MR) is 121 cm³/mol. The lowest BCUT2D eigenvalue weighted by atomic mass is 10.1. The molecular formula is C24H16BrClN2. The SMILES string of the molecule is Cc1cc(Br)c(Cl)c(-n2c(-c3ccccc3)nc3c4ccccc4ccc32)c1. The van der Waals surface area contributed by atoms with E-state index in [1.54, 1.807) is 0 Å². The quantitative estimate of drug-likeness (QED) is 0.273. The molecule has 0 saturated carbocycles. The number of hydrogen-bond acceptors (Lipinski definition) is 1. The van der Waals surface area contributed by atoms with Crippen molar-refractivity contribution in [2.45, 2.75) is 6.92 Å². The second-order valence-corrected chi connectivity index (χ2v) is 8.10. The molecule has 5 aromatic rings. The van der Waals surface area contributed by atoms with Gasteiger partial charge in [0.15, 0.2) is 0 Å². The maximum atomic E-state index is 6.74. The van der Waals surface area contributed by atoms with E-state index >= 15 is 0 Å². The Kier molecular flexibility index (Phi) is 4.22. The molecule has 0 aliphatic carbocycles. The van der Waals surface area contributed by atoms with Gasteiger partial charge in [-0.25, -0.2) is 4.98 Å². The Morgan fingerprint density at radius 1 is 0.893 bits per heavy atom. The average Bonchev–Trinajstić information content (AvgIpc) is 3.11. The van der Waals surface area contributed by atoms with E-state index in [1.165, 1.54) is 5.39 Å². The summed E-state index contributed by atoms with van der Waals surface area (Å²) in [4.78, 5) is 5.08. The number of fused-ring (bicyclic) bond motifs is 3. The van der Waals surface area contributed by atoms with Gasteiger partial charge < -0.3 is 0 Å². The van der Waals surface area contributed by atoms with Gasteiger partial charge in [-0.3, -0.25) is 4.57 Å². The Hall–Kier alpha value is -2.62. The number of hydrogen-bond donors (Lipinski definition) is 0. The van der Waals surface area contributed by atoms with Gasteiger partial charge in [0.1, 0.15) is 5.82 Å². The van der Waals surface area contributed by atoms with Crippen LogP contribution in [0.5, 0.6) is 0 Å². The van der Waals surface area contributed by atoms with E-state index in [4.69, 9.17) is 16.6 Å². The summed E-state index contributed by atoms with van der Waals surface area (Å²) in [6.07, 6.45) is 0. The fourth-order valence-corrected chi connectivity index (χ4v) is 4.46. The first-order valence-electron chi connectivity index (χ1n) is 9.05. The van der Waals surface area contributed by atoms with Gasteiger partial charge in [-0.2, -0.15) is 0 Å². The first kappa shape index (κ1) is 17.5. The van der Waals surface area contributed by atoms with Crippen molar-refractivity contribution in [2.24, 2.45) is 0 Å². The number of halogens is 2. The van der Waals surface area contributed by atoms with Crippen LogP contribution in [0.15, 0.2) is 83.3 Å². The monoisotopic (exact) mass is 446 g/mol. The molecular weight excluding hydrogens is 432 g/mol. The van der Waals surface area contributed by atoms with Crippen LogP contribution >= 0.6 is 27.5 Å². The van der Waals surface area contributed by atoms with Crippen molar-refractivity contribution in [3.63, 3.8) is 0 Å². The molecule has 0 spiro atoms. The third-order valence-corrected chi connectivity index (χ3v) is 6.23. The summed E-state index contributed by atoms with van der Waals surface area (Å²) in [7, 11) is 0. The first-order chi connectivity index (χ1) is 13.6. The van der Waals surface area contributed by atoms with Crippen molar-refractivity contribution in [3.8, 4) is 17.1 Å². The zero-order valence-electron chi connectivity index (χ0n) is 15.2. The molecule has 0 saturated heterocycles. The van der Waals surface area contributed by atoms with E-state index < -0.39 is 0 Å². The van der Waals surface area contributed by atoms with E-state index in [0.717, 1.165) is 43.5 Å². The van der Waals surface area contributed by atoms with Gasteiger partial charge in [-0.1, -0.05) is 72.3 Å². The normalized spacial score (nSPS) is 11.4. The minimum atomic E-state index is 0.676. The van der Waals surface area contributed by atoms with Crippen LogP contribution in [0.4, 0.5) is 0 Å². The number of rotatable bonds is 2. The molecule has 0 amide bonds. The molecule has 0 bridgehead atoms. The molecule has 0 fully saturated rings. The smallest absolute Gasteiger partial charge is 0.145 e. The second kappa shape index (κ2) is 6.77. The molecule has 1 heterocycles. The molecule has 0 atom stereocenters. The summed E-state index contributed by atoms with van der Waals surface area (Å²) in [5, 5.41) is 2.99. The highest BCUT2D eigenvalue weighted by molar-refractivity contribution is 9.10. The van der Waals surface area contributed by atoms with Crippen LogP contribution in [0.1, 0.15) is 5.56 Å². The van der Waals surface area contributed by atoms with Gasteiger partial charge in [-0.05, 0) is 52.0 Å². The van der Waals surface area contributed by atoms with Gasteiger partial charge in [0, 0.05) is 15.4 Å². The maximum absolute atomic E-state index is 6.74. The standard InChI is InChI=1S/C24H16BrClN2/c1-15-13-19(25)22(26)21(14-15)28-20-12-11-16-7-5-6-10-18(16)23(20)27-24(28)17-8-3-2-4-9-17/h2-14H,1H3. The number of nitrogens with zero attached hydrogens (tertiary/aromatic N) is 2. The van der Waals surface area contributed by atoms with E-state index in [-0.39, 0.29) is 0 Å². The van der Waals surface area contributed by atoms with Crippen molar-refractivity contribution < 1.29 is 0 Å². The maximum Gasteiger partial charge on any atom is 0.145 e. The highest BCUT2D eigenvalue weighted by Gasteiger charge is 2.19. The summed E-state index contributed by atoms with van der Waals surface area (Å²) < 4.78 is 3.04. The minimum Gasteiger partial charge on any atom is -0.291 e. The molecule has 0 N–H and O–H groups in total. The topological polar surface area (TPSA) is 17.8 Å². The second-order valence-electron chi connectivity index (χ2n) is 6.87. The summed E-state index contributed by atoms with van der Waals surface area (Å²) in [6, 6.07) is 27.0. The third kappa shape index (κ3) is 2.74. The zero-order chi connectivity index (χ0) is 19.3. The van der Waals surface area contributed by atoms with Crippen LogP contribution in [-0.2, 0) is 0 Å². The highest BCUT2D eigenvalue weighted by atomic mass is 79.9. The van der Waals surface area contributed by atoms with Crippen molar-refractivity contribution >= 4 is 49.3 Å². The summed E-state index contributed by atoms with van der Waals surface area (Å²) in [6.45, 7) is 2.07. The zero-order valence-corrected chi connectivity index (χ0v) is 17.5. The largest absolute Gasteiger partial charge is 0.291 e. The molecule has 0 unspecified atom stereocenters. The molecule has 136 valence electrons. The fraction of sp³-hybridized carbons (Fsp3) is 0.0417. The van der Waals surface area contributed by atoms with Gasteiger partial charge in [0.05, 0.1) is 21.7 Å². The Morgan fingerprint density at radius 3 is 2.46 bits per heavy atom. The van der Waals surface area contributed by atoms with Crippen LogP contribution in [-0.4, -0.2) is 9.55 Å². The lowest BCUT2D eigenvalue weighted by Gasteiger charge is -2.14. The molecule has 2 nitrogen and oxygen atoms in total. The molecule has 4 aromatic carbocycles. The first-order valence-corrected chi connectivity index (χ1v) is 10.2. The lowest BCUT2D eigenvalue weighted by molar-refractivity contribution is 1.09. The Balaban J connectivity index is 1.96. The summed E-state index contributed by atoms with van der Waals surface area (Å²) in [5.74, 6) is 0.881. The molecule has 0 radical (unpaired) electrons. The lowest BCUT2D eigenvalue weighted by Crippen LogP contribution is -1.99. The molecule has 28 heavy (non-hydrogen) atoms. The van der Waals surface area contributed by atoms with E-state index in [2.05, 4.69) is 82.0 Å². The van der Waals surface area contributed by atoms with Gasteiger partial charge in [0.2, 0.25) is 0 Å². The van der Waals surface area contributed by atoms with E-state index in [0.29, 0.717) is 5.02 Å². The van der Waals surface area contributed by atoms with Crippen molar-refractivity contribution in [1.29, 1.82) is 0 Å². The predicted octanol–water partition coefficient (Wildman–Crippen LogP) is 7.57. The van der Waals surface area contributed by atoms with Crippen molar-refractivity contribution in [1.82, 2.24) is 9.55 Å². The Labute approximate surface area is 176 Å². The van der Waals surface area contributed by atoms with Crippen LogP contribution in [0.25, 0.3) is 38.9 Å². The number of imidazole rings is 1. The fourth-order valence-electron chi connectivity index (χ4n) is 3.71. The number of aryl methyl sites for hydroxylation is 1. The molecule has 4 heteroatoms. The van der Waals surface area contributed by atoms with Crippen molar-refractivity contribution in [3.05, 3.63) is 93.9 Å². The number of aromatic nitrogens is 2. The van der Waals surface area contributed by atoms with E-state index in [9.17, 15) is 0 Å². The van der Waals surface area contributed by atoms with Crippen LogP contribution < -0.4 is 0 Å². The van der Waals surface area contributed by atoms with Crippen molar-refractivity contribution in [2.75, 3.05) is 0 Å². The molecule has 5 rings (SSSR count). The Bertz CT molecular complexity index is 1340. The minimum absolute atomic E-state index is 0.676. The Morgan fingerprint density at radius 2 is 1.64 bits per heavy atom.